The summed E-state index contributed by atoms with van der Waals surface area (Å²) < 4.78 is 68.6. The lowest BCUT2D eigenvalue weighted by molar-refractivity contribution is -0.161. The summed E-state index contributed by atoms with van der Waals surface area (Å²) in [6.45, 7) is 9.46. The fraction of sp³-hybridized carbons (Fsp3) is 0.950. The summed E-state index contributed by atoms with van der Waals surface area (Å²) in [6, 6.07) is 0. The highest BCUT2D eigenvalue weighted by molar-refractivity contribution is 7.47. The lowest BCUT2D eigenvalue weighted by atomic mass is 10.0. The number of aliphatic hydroxyl groups excluding tert-OH is 1. The SMILES string of the molecule is CCCCCCCCCCCCCCCCCCCCCCCCC(=O)O[C@H](COC(=O)CCCCCCCCCCCCCCCCCCCC)COP(=O)(O)OC[C@@H](O)COP(=O)(O)OC[C@@H](COC(=O)CCCCCCCCC(C)C)OC(=O)CCCCCCCCCC(C)C. The van der Waals surface area contributed by atoms with E-state index >= 15 is 0 Å². The van der Waals surface area contributed by atoms with Gasteiger partial charge in [0.2, 0.25) is 0 Å². The second-order valence-electron chi connectivity index (χ2n) is 29.8. The van der Waals surface area contributed by atoms with Crippen LogP contribution >= 0.6 is 15.6 Å². The lowest BCUT2D eigenvalue weighted by Crippen LogP contribution is -2.30. The smallest absolute Gasteiger partial charge is 0.462 e. The van der Waals surface area contributed by atoms with Gasteiger partial charge >= 0.3 is 39.5 Å². The molecule has 2 unspecified atom stereocenters. The predicted octanol–water partition coefficient (Wildman–Crippen LogP) is 23.9. The number of hydrogen-bond donors (Lipinski definition) is 3. The van der Waals surface area contributed by atoms with E-state index < -0.39 is 97.5 Å². The van der Waals surface area contributed by atoms with Crippen molar-refractivity contribution < 1.29 is 80.2 Å². The number of carbonyl (C=O) groups is 4. The Morgan fingerprint density at radius 2 is 0.465 bits per heavy atom. The first-order valence-corrected chi connectivity index (χ1v) is 44.5. The molecule has 0 aliphatic rings. The monoisotopic (exact) mass is 1450 g/mol. The highest BCUT2D eigenvalue weighted by Crippen LogP contribution is 2.45. The second-order valence-corrected chi connectivity index (χ2v) is 32.7. The van der Waals surface area contributed by atoms with Crippen LogP contribution in [-0.2, 0) is 65.4 Å². The van der Waals surface area contributed by atoms with Gasteiger partial charge in [-0.15, -0.1) is 0 Å². The van der Waals surface area contributed by atoms with E-state index in [1.165, 1.54) is 231 Å². The van der Waals surface area contributed by atoms with Gasteiger partial charge in [-0.25, -0.2) is 9.13 Å². The van der Waals surface area contributed by atoms with Crippen LogP contribution in [0.2, 0.25) is 0 Å². The third-order valence-corrected chi connectivity index (χ3v) is 20.6. The van der Waals surface area contributed by atoms with Crippen LogP contribution in [0.1, 0.15) is 420 Å². The first-order chi connectivity index (χ1) is 47.9. The molecule has 0 saturated heterocycles. The summed E-state index contributed by atoms with van der Waals surface area (Å²) in [6.07, 6.45) is 61.6. The van der Waals surface area contributed by atoms with E-state index in [-0.39, 0.29) is 25.7 Å². The average molecular weight is 1450 g/mol. The van der Waals surface area contributed by atoms with Crippen molar-refractivity contribution in [1.82, 2.24) is 0 Å². The molecule has 0 aromatic carbocycles. The fourth-order valence-electron chi connectivity index (χ4n) is 12.4. The summed E-state index contributed by atoms with van der Waals surface area (Å²) >= 11 is 0. The van der Waals surface area contributed by atoms with Gasteiger partial charge in [-0.2, -0.15) is 0 Å². The Labute approximate surface area is 607 Å². The Balaban J connectivity index is 5.17. The lowest BCUT2D eigenvalue weighted by Gasteiger charge is -2.21. The van der Waals surface area contributed by atoms with Gasteiger partial charge < -0.3 is 33.8 Å². The number of hydrogen-bond acceptors (Lipinski definition) is 15. The first kappa shape index (κ1) is 97.1. The maximum Gasteiger partial charge on any atom is 0.472 e. The molecule has 0 aromatic heterocycles. The molecule has 19 heteroatoms. The molecule has 0 rings (SSSR count). The summed E-state index contributed by atoms with van der Waals surface area (Å²) in [5, 5.41) is 10.6. The van der Waals surface area contributed by atoms with Crippen molar-refractivity contribution in [3.8, 4) is 0 Å². The number of rotatable bonds is 79. The summed E-state index contributed by atoms with van der Waals surface area (Å²) in [4.78, 5) is 72.8. The molecular weight excluding hydrogens is 1290 g/mol. The Morgan fingerprint density at radius 3 is 0.687 bits per heavy atom. The van der Waals surface area contributed by atoms with E-state index in [9.17, 15) is 43.2 Å². The van der Waals surface area contributed by atoms with Crippen LogP contribution in [0.5, 0.6) is 0 Å². The standard InChI is InChI=1S/C80H156O17P2/c1-7-9-11-13-15-17-19-21-23-25-27-28-29-30-32-34-36-38-40-44-52-58-64-79(84)96-75(68-90-77(82)62-56-50-43-39-37-35-33-31-26-24-22-20-18-16-14-12-10-8-2)70-94-98(86,87)92-66-74(81)67-93-99(88,89)95-71-76(69-91-78(83)63-57-51-47-46-49-55-61-73(5)6)97-80(85)65-59-53-45-41-42-48-54-60-72(3)4/h72-76,81H,7-71H2,1-6H3,(H,86,87)(H,88,89)/t74-,75-,76-/m1/s1. The Morgan fingerprint density at radius 1 is 0.273 bits per heavy atom. The van der Waals surface area contributed by atoms with Crippen LogP contribution in [-0.4, -0.2) is 96.7 Å². The molecule has 5 atom stereocenters. The van der Waals surface area contributed by atoms with Gasteiger partial charge in [-0.05, 0) is 37.5 Å². The molecule has 0 bridgehead atoms. The van der Waals surface area contributed by atoms with E-state index in [0.717, 1.165) is 96.3 Å². The second kappa shape index (κ2) is 71.7. The first-order valence-electron chi connectivity index (χ1n) is 41.5. The van der Waals surface area contributed by atoms with Gasteiger partial charge in [0.1, 0.15) is 19.3 Å². The van der Waals surface area contributed by atoms with Gasteiger partial charge in [0.05, 0.1) is 26.4 Å². The molecule has 588 valence electrons. The largest absolute Gasteiger partial charge is 0.472 e. The fourth-order valence-corrected chi connectivity index (χ4v) is 13.9. The normalized spacial score (nSPS) is 13.9. The van der Waals surface area contributed by atoms with Crippen LogP contribution in [0.25, 0.3) is 0 Å². The van der Waals surface area contributed by atoms with Gasteiger partial charge in [0.15, 0.2) is 12.2 Å². The van der Waals surface area contributed by atoms with Crippen molar-refractivity contribution in [1.29, 1.82) is 0 Å². The zero-order valence-electron chi connectivity index (χ0n) is 64.8. The maximum absolute atomic E-state index is 13.1. The van der Waals surface area contributed by atoms with Crippen LogP contribution < -0.4 is 0 Å². The van der Waals surface area contributed by atoms with E-state index in [1.807, 2.05) is 0 Å². The molecular formula is C80H156O17P2. The molecule has 0 radical (unpaired) electrons. The molecule has 99 heavy (non-hydrogen) atoms. The van der Waals surface area contributed by atoms with Crippen molar-refractivity contribution in [3.63, 3.8) is 0 Å². The number of unbranched alkanes of at least 4 members (excludes halogenated alkanes) is 49. The average Bonchev–Trinajstić information content (AvgIpc) is 1.08. The molecule has 0 aromatic rings. The Kier molecular flexibility index (Phi) is 70.3. The number of esters is 4. The van der Waals surface area contributed by atoms with Gasteiger partial charge in [0, 0.05) is 25.7 Å². The Bertz CT molecular complexity index is 1910. The molecule has 0 aliphatic carbocycles. The number of ether oxygens (including phenoxy) is 4. The summed E-state index contributed by atoms with van der Waals surface area (Å²) in [5.74, 6) is -0.742. The van der Waals surface area contributed by atoms with Gasteiger partial charge in [-0.3, -0.25) is 37.3 Å². The molecule has 3 N–H and O–H groups in total. The third-order valence-electron chi connectivity index (χ3n) is 18.7. The minimum atomic E-state index is -4.96. The molecule has 0 heterocycles. The topological polar surface area (TPSA) is 237 Å². The minimum absolute atomic E-state index is 0.103. The zero-order chi connectivity index (χ0) is 72.8. The minimum Gasteiger partial charge on any atom is -0.462 e. The highest BCUT2D eigenvalue weighted by atomic mass is 31.2. The zero-order valence-corrected chi connectivity index (χ0v) is 66.6. The van der Waals surface area contributed by atoms with E-state index in [2.05, 4.69) is 41.5 Å². The highest BCUT2D eigenvalue weighted by Gasteiger charge is 2.30. The van der Waals surface area contributed by atoms with Crippen LogP contribution in [0.15, 0.2) is 0 Å². The quantitative estimate of drug-likeness (QED) is 0.0222. The van der Waals surface area contributed by atoms with E-state index in [0.29, 0.717) is 37.5 Å². The van der Waals surface area contributed by atoms with Crippen molar-refractivity contribution in [2.45, 2.75) is 439 Å². The predicted molar refractivity (Wildman–Crippen MR) is 405 cm³/mol. The maximum atomic E-state index is 13.1. The Hall–Kier alpha value is -1.94. The van der Waals surface area contributed by atoms with Crippen molar-refractivity contribution in [2.24, 2.45) is 11.8 Å². The number of phosphoric ester groups is 2. The van der Waals surface area contributed by atoms with Crippen molar-refractivity contribution in [2.75, 3.05) is 39.6 Å². The molecule has 0 fully saturated rings. The molecule has 0 saturated carbocycles. The summed E-state index contributed by atoms with van der Waals surface area (Å²) in [7, 11) is -9.91. The van der Waals surface area contributed by atoms with Crippen LogP contribution in [0, 0.1) is 11.8 Å². The molecule has 0 amide bonds. The van der Waals surface area contributed by atoms with E-state index in [4.69, 9.17) is 37.0 Å². The van der Waals surface area contributed by atoms with Crippen molar-refractivity contribution in [3.05, 3.63) is 0 Å². The van der Waals surface area contributed by atoms with Crippen LogP contribution in [0.3, 0.4) is 0 Å². The summed E-state index contributed by atoms with van der Waals surface area (Å²) in [5.41, 5.74) is 0. The van der Waals surface area contributed by atoms with E-state index in [1.54, 1.807) is 0 Å². The molecule has 17 nitrogen and oxygen atoms in total. The van der Waals surface area contributed by atoms with Gasteiger partial charge in [-0.1, -0.05) is 369 Å². The van der Waals surface area contributed by atoms with Crippen LogP contribution in [0.4, 0.5) is 0 Å². The molecule has 0 aliphatic heterocycles. The van der Waals surface area contributed by atoms with Gasteiger partial charge in [0.25, 0.3) is 0 Å². The number of aliphatic hydroxyl groups is 1. The third kappa shape index (κ3) is 74.1. The molecule has 0 spiro atoms. The number of carbonyl (C=O) groups excluding carboxylic acids is 4. The van der Waals surface area contributed by atoms with Crippen molar-refractivity contribution >= 4 is 39.5 Å². The number of phosphoric acid groups is 2.